The number of hydrogen-bond acceptors (Lipinski definition) is 8. The zero-order valence-corrected chi connectivity index (χ0v) is 14.4. The van der Waals surface area contributed by atoms with Crippen molar-refractivity contribution in [1.29, 1.82) is 0 Å². The highest BCUT2D eigenvalue weighted by Gasteiger charge is 2.43. The van der Waals surface area contributed by atoms with Crippen LogP contribution in [0.1, 0.15) is 6.42 Å². The van der Waals surface area contributed by atoms with Gasteiger partial charge in [0.2, 0.25) is 18.0 Å². The quantitative estimate of drug-likeness (QED) is 0.160. The van der Waals surface area contributed by atoms with Crippen molar-refractivity contribution in [3.8, 4) is 0 Å². The molecule has 0 aromatic rings. The number of carboxylic acids is 4. The molecule has 0 atom stereocenters. The van der Waals surface area contributed by atoms with Crippen LogP contribution < -0.4 is 5.32 Å². The van der Waals surface area contributed by atoms with E-state index in [0.717, 1.165) is 0 Å². The third-order valence-corrected chi connectivity index (χ3v) is 3.32. The van der Waals surface area contributed by atoms with Gasteiger partial charge in [0.15, 0.2) is 0 Å². The third-order valence-electron chi connectivity index (χ3n) is 3.32. The first kappa shape index (κ1) is 25.1. The van der Waals surface area contributed by atoms with Gasteiger partial charge in [0.25, 0.3) is 0 Å². The fourth-order valence-corrected chi connectivity index (χ4v) is 2.09. The molecule has 16 nitrogen and oxygen atoms in total. The molecule has 0 bridgehead atoms. The number of rotatable bonds is 12. The van der Waals surface area contributed by atoms with Crippen molar-refractivity contribution in [3.63, 3.8) is 0 Å². The van der Waals surface area contributed by atoms with Gasteiger partial charge in [-0.25, -0.2) is 33.7 Å². The first-order valence-electron chi connectivity index (χ1n) is 7.48. The van der Waals surface area contributed by atoms with Gasteiger partial charge >= 0.3 is 36.1 Å². The fourth-order valence-electron chi connectivity index (χ4n) is 2.09. The molecule has 0 aliphatic heterocycles. The summed E-state index contributed by atoms with van der Waals surface area (Å²) in [5, 5.41) is 55.2. The molecule has 0 unspecified atom stereocenters. The van der Waals surface area contributed by atoms with E-state index in [1.165, 1.54) is 0 Å². The number of carbonyl (C=O) groups is 7. The Bertz CT molecular complexity index is 632. The maximum atomic E-state index is 11.8. The second-order valence-electron chi connectivity index (χ2n) is 5.21. The molecule has 0 aliphatic carbocycles. The lowest BCUT2D eigenvalue weighted by atomic mass is 10.1. The monoisotopic (exact) mass is 423 g/mol. The fraction of sp³-hybridized carbons (Fsp3) is 0.462. The summed E-state index contributed by atoms with van der Waals surface area (Å²) in [5.41, 5.74) is 0. The van der Waals surface area contributed by atoms with Crippen molar-refractivity contribution in [2.75, 3.05) is 19.6 Å². The first-order chi connectivity index (χ1) is 13.3. The standard InChI is InChI=1S/C13H17N3O13/c17-5(14-2-4-16(12(26)27)13(28)29)1-3-15(6(8(18)19)9(20)21)7(10(22)23)11(24)25/h6-7H,1-4H2,(H,14,17)(H,18,19)(H,20,21)(H,22,23)(H,24,25)(H,26,27)(H,28,29). The van der Waals surface area contributed by atoms with Crippen molar-refractivity contribution >= 4 is 42.0 Å². The van der Waals surface area contributed by atoms with Crippen LogP contribution in [0.5, 0.6) is 0 Å². The lowest BCUT2D eigenvalue weighted by Crippen LogP contribution is -2.57. The van der Waals surface area contributed by atoms with Crippen LogP contribution in [0.3, 0.4) is 0 Å². The number of nitrogens with zero attached hydrogens (tertiary/aromatic N) is 2. The highest BCUT2D eigenvalue weighted by Crippen LogP contribution is 2.10. The molecule has 0 aromatic carbocycles. The minimum atomic E-state index is -2.59. The van der Waals surface area contributed by atoms with Crippen molar-refractivity contribution in [2.45, 2.75) is 18.5 Å². The molecule has 0 aliphatic rings. The number of carbonyl (C=O) groups excluding carboxylic acids is 1. The van der Waals surface area contributed by atoms with Gasteiger partial charge < -0.3 is 36.0 Å². The summed E-state index contributed by atoms with van der Waals surface area (Å²) < 4.78 is 0. The van der Waals surface area contributed by atoms with Crippen LogP contribution in [0, 0.1) is 0 Å². The van der Waals surface area contributed by atoms with Crippen LogP contribution in [0.2, 0.25) is 0 Å². The van der Waals surface area contributed by atoms with E-state index in [1.807, 2.05) is 5.32 Å². The zero-order chi connectivity index (χ0) is 22.9. The van der Waals surface area contributed by atoms with E-state index in [-0.39, 0.29) is 9.80 Å². The molecule has 0 aromatic heterocycles. The van der Waals surface area contributed by atoms with Gasteiger partial charge in [-0.2, -0.15) is 0 Å². The number of hydrogen-bond donors (Lipinski definition) is 7. The van der Waals surface area contributed by atoms with Crippen LogP contribution in [0.4, 0.5) is 9.59 Å². The largest absolute Gasteiger partial charge is 0.480 e. The molecule has 0 saturated carbocycles. The Kier molecular flexibility index (Phi) is 9.52. The molecule has 29 heavy (non-hydrogen) atoms. The average Bonchev–Trinajstić information content (AvgIpc) is 2.54. The number of carboxylic acid groups (broad SMARTS) is 6. The summed E-state index contributed by atoms with van der Waals surface area (Å²) in [4.78, 5) is 77.5. The van der Waals surface area contributed by atoms with E-state index in [4.69, 9.17) is 30.6 Å². The summed E-state index contributed by atoms with van der Waals surface area (Å²) in [6.45, 7) is -2.08. The van der Waals surface area contributed by atoms with E-state index in [9.17, 15) is 33.6 Å². The topological polar surface area (TPSA) is 259 Å². The van der Waals surface area contributed by atoms with Crippen LogP contribution in [0.15, 0.2) is 0 Å². The number of imide groups is 1. The maximum Gasteiger partial charge on any atom is 0.416 e. The van der Waals surface area contributed by atoms with Crippen molar-refractivity contribution < 1.29 is 64.2 Å². The normalized spacial score (nSPS) is 10.6. The Labute approximate surface area is 160 Å². The van der Waals surface area contributed by atoms with E-state index in [2.05, 4.69) is 0 Å². The zero-order valence-electron chi connectivity index (χ0n) is 14.4. The average molecular weight is 423 g/mol. The molecule has 0 rings (SSSR count). The van der Waals surface area contributed by atoms with Crippen LogP contribution >= 0.6 is 0 Å². The van der Waals surface area contributed by atoms with Crippen molar-refractivity contribution in [1.82, 2.24) is 15.1 Å². The van der Waals surface area contributed by atoms with Gasteiger partial charge in [-0.3, -0.25) is 9.69 Å². The van der Waals surface area contributed by atoms with Gasteiger partial charge in [0, 0.05) is 19.5 Å². The molecule has 16 heteroatoms. The van der Waals surface area contributed by atoms with Crippen LogP contribution in [0.25, 0.3) is 0 Å². The summed E-state index contributed by atoms with van der Waals surface area (Å²) >= 11 is 0. The molecule has 7 N–H and O–H groups in total. The first-order valence-corrected chi connectivity index (χ1v) is 7.48. The molecular weight excluding hydrogens is 406 g/mol. The Morgan fingerprint density at radius 2 is 1.03 bits per heavy atom. The van der Waals surface area contributed by atoms with Gasteiger partial charge in [0.05, 0.1) is 6.54 Å². The van der Waals surface area contributed by atoms with Gasteiger partial charge in [-0.05, 0) is 0 Å². The molecule has 0 heterocycles. The Hall–Kier alpha value is -3.95. The molecular formula is C13H17N3O13. The predicted molar refractivity (Wildman–Crippen MR) is 85.2 cm³/mol. The number of aliphatic carboxylic acids is 4. The molecule has 0 fully saturated rings. The Balaban J connectivity index is 5.20. The minimum absolute atomic E-state index is 0.0532. The van der Waals surface area contributed by atoms with E-state index < -0.39 is 80.1 Å². The molecule has 0 saturated heterocycles. The highest BCUT2D eigenvalue weighted by atomic mass is 16.4. The second-order valence-corrected chi connectivity index (χ2v) is 5.21. The molecule has 0 radical (unpaired) electrons. The summed E-state index contributed by atoms with van der Waals surface area (Å²) in [5.74, 6) is -9.24. The molecule has 0 spiro atoms. The van der Waals surface area contributed by atoms with Gasteiger partial charge in [0.1, 0.15) is 0 Å². The Morgan fingerprint density at radius 1 is 0.655 bits per heavy atom. The molecule has 162 valence electrons. The van der Waals surface area contributed by atoms with Gasteiger partial charge in [-0.1, -0.05) is 0 Å². The predicted octanol–water partition coefficient (Wildman–Crippen LogP) is -2.47. The lowest BCUT2D eigenvalue weighted by molar-refractivity contribution is -0.166. The van der Waals surface area contributed by atoms with E-state index in [0.29, 0.717) is 0 Å². The van der Waals surface area contributed by atoms with Crippen molar-refractivity contribution in [3.05, 3.63) is 0 Å². The maximum absolute atomic E-state index is 11.8. The smallest absolute Gasteiger partial charge is 0.416 e. The number of nitrogens with one attached hydrogen (secondary N) is 1. The van der Waals surface area contributed by atoms with Gasteiger partial charge in [-0.15, -0.1) is 0 Å². The van der Waals surface area contributed by atoms with E-state index in [1.54, 1.807) is 0 Å². The third kappa shape index (κ3) is 7.67. The lowest BCUT2D eigenvalue weighted by Gasteiger charge is -2.28. The van der Waals surface area contributed by atoms with Crippen molar-refractivity contribution in [2.24, 2.45) is 0 Å². The molecule has 3 amide bonds. The summed E-state index contributed by atoms with van der Waals surface area (Å²) in [6.07, 6.45) is -4.39. The van der Waals surface area contributed by atoms with E-state index >= 15 is 0 Å². The highest BCUT2D eigenvalue weighted by molar-refractivity contribution is 6.02. The number of amides is 3. The second kappa shape index (κ2) is 11.0. The Morgan fingerprint density at radius 3 is 1.34 bits per heavy atom. The van der Waals surface area contributed by atoms with Crippen LogP contribution in [-0.4, -0.2) is 114 Å². The van der Waals surface area contributed by atoms with Crippen LogP contribution in [-0.2, 0) is 24.0 Å². The summed E-state index contributed by atoms with van der Waals surface area (Å²) in [6, 6.07) is -5.18. The minimum Gasteiger partial charge on any atom is -0.480 e. The summed E-state index contributed by atoms with van der Waals surface area (Å²) in [7, 11) is 0. The SMILES string of the molecule is O=C(CCN(C(C(=O)O)C(=O)O)C(C(=O)O)C(=O)O)NCCN(C(=O)O)C(=O)O.